The van der Waals surface area contributed by atoms with E-state index in [1.807, 2.05) is 6.07 Å². The molecule has 0 aliphatic carbocycles. The van der Waals surface area contributed by atoms with Gasteiger partial charge >= 0.3 is 0 Å². The Morgan fingerprint density at radius 3 is 2.46 bits per heavy atom. The average molecular weight is 369 g/mol. The molecule has 0 aliphatic rings. The van der Waals surface area contributed by atoms with Gasteiger partial charge in [-0.3, -0.25) is 14.9 Å². The Labute approximate surface area is 153 Å². The Hall–Kier alpha value is -3.06. The number of carbonyl (C=O) groups excluding carboxylic acids is 2. The Morgan fingerprint density at radius 2 is 1.73 bits per heavy atom. The minimum atomic E-state index is -0.371. The van der Waals surface area contributed by atoms with Crippen molar-refractivity contribution >= 4 is 28.3 Å². The Morgan fingerprint density at radius 1 is 1.04 bits per heavy atom. The molecule has 2 N–H and O–H groups in total. The predicted molar refractivity (Wildman–Crippen MR) is 98.8 cm³/mol. The second kappa shape index (κ2) is 7.88. The van der Waals surface area contributed by atoms with Crippen molar-refractivity contribution in [2.24, 2.45) is 0 Å². The van der Waals surface area contributed by atoms with Crippen molar-refractivity contribution in [3.05, 3.63) is 82.1 Å². The molecule has 0 saturated carbocycles. The molecule has 5 nitrogen and oxygen atoms in total. The van der Waals surface area contributed by atoms with E-state index in [1.165, 1.54) is 6.07 Å². The second-order valence-corrected chi connectivity index (χ2v) is 6.53. The zero-order valence-corrected chi connectivity index (χ0v) is 14.8. The molecule has 1 aromatic heterocycles. The van der Waals surface area contributed by atoms with Crippen molar-refractivity contribution in [3.8, 4) is 0 Å². The smallest absolute Gasteiger partial charge is 0.263 e. The predicted octanol–water partition coefficient (Wildman–Crippen LogP) is 3.77. The lowest BCUT2D eigenvalue weighted by Gasteiger charge is -2.05. The minimum absolute atomic E-state index is 0.0779. The zero-order chi connectivity index (χ0) is 18.5. The number of aromatic nitrogens is 1. The molecule has 0 aliphatic heterocycles. The van der Waals surface area contributed by atoms with Gasteiger partial charge in [0.1, 0.15) is 10.7 Å². The number of nitrogens with zero attached hydrogens (tertiary/aromatic N) is 1. The standard InChI is InChI=1S/C19H16FN3O2S/c1-12-16(18(25)21-11-14-9-5-6-10-15(14)20)26-19(22-12)23-17(24)13-7-3-2-4-8-13/h2-10H,11H2,1H3,(H,21,25)(H,22,23,24). The molecule has 3 aromatic rings. The van der Waals surface area contributed by atoms with Gasteiger partial charge in [-0.15, -0.1) is 0 Å². The molecule has 0 atom stereocenters. The van der Waals surface area contributed by atoms with Crippen LogP contribution in [0, 0.1) is 12.7 Å². The van der Waals surface area contributed by atoms with Crippen LogP contribution in [0.5, 0.6) is 0 Å². The maximum atomic E-state index is 13.6. The van der Waals surface area contributed by atoms with Crippen molar-refractivity contribution in [2.75, 3.05) is 5.32 Å². The fraction of sp³-hybridized carbons (Fsp3) is 0.105. The van der Waals surface area contributed by atoms with Gasteiger partial charge in [-0.05, 0) is 25.1 Å². The third kappa shape index (κ3) is 4.12. The minimum Gasteiger partial charge on any atom is -0.347 e. The normalized spacial score (nSPS) is 10.4. The van der Waals surface area contributed by atoms with E-state index in [-0.39, 0.29) is 24.2 Å². The molecule has 0 fully saturated rings. The van der Waals surface area contributed by atoms with Crippen LogP contribution < -0.4 is 10.6 Å². The van der Waals surface area contributed by atoms with Gasteiger partial charge in [0.05, 0.1) is 5.69 Å². The SMILES string of the molecule is Cc1nc(NC(=O)c2ccccc2)sc1C(=O)NCc1ccccc1F. The lowest BCUT2D eigenvalue weighted by Crippen LogP contribution is -2.23. The number of amides is 2. The first-order chi connectivity index (χ1) is 12.5. The molecule has 3 rings (SSSR count). The van der Waals surface area contributed by atoms with Crippen molar-refractivity contribution in [1.29, 1.82) is 0 Å². The monoisotopic (exact) mass is 369 g/mol. The number of benzene rings is 2. The lowest BCUT2D eigenvalue weighted by molar-refractivity contribution is 0.0953. The molecule has 0 spiro atoms. The molecule has 2 aromatic carbocycles. The number of thiazole rings is 1. The number of hydrogen-bond acceptors (Lipinski definition) is 4. The molecular weight excluding hydrogens is 353 g/mol. The summed E-state index contributed by atoms with van der Waals surface area (Å²) >= 11 is 1.08. The number of halogens is 1. The van der Waals surface area contributed by atoms with Gasteiger partial charge in [-0.2, -0.15) is 0 Å². The Kier molecular flexibility index (Phi) is 5.38. The third-order valence-electron chi connectivity index (χ3n) is 3.66. The van der Waals surface area contributed by atoms with Crippen LogP contribution in [-0.2, 0) is 6.54 Å². The first-order valence-electron chi connectivity index (χ1n) is 7.90. The number of anilines is 1. The zero-order valence-electron chi connectivity index (χ0n) is 14.0. The van der Waals surface area contributed by atoms with Gasteiger partial charge in [0.15, 0.2) is 5.13 Å². The lowest BCUT2D eigenvalue weighted by atomic mass is 10.2. The van der Waals surface area contributed by atoms with Gasteiger partial charge in [-0.1, -0.05) is 47.7 Å². The summed E-state index contributed by atoms with van der Waals surface area (Å²) in [5.74, 6) is -1.02. The van der Waals surface area contributed by atoms with Gasteiger partial charge in [-0.25, -0.2) is 9.37 Å². The summed E-state index contributed by atoms with van der Waals surface area (Å²) in [4.78, 5) is 29.1. The summed E-state index contributed by atoms with van der Waals surface area (Å²) in [7, 11) is 0. The maximum absolute atomic E-state index is 13.6. The van der Waals surface area contributed by atoms with Crippen LogP contribution >= 0.6 is 11.3 Å². The van der Waals surface area contributed by atoms with E-state index in [2.05, 4.69) is 15.6 Å². The summed E-state index contributed by atoms with van der Waals surface area (Å²) in [6.07, 6.45) is 0. The molecule has 132 valence electrons. The van der Waals surface area contributed by atoms with E-state index in [1.54, 1.807) is 49.4 Å². The largest absolute Gasteiger partial charge is 0.347 e. The van der Waals surface area contributed by atoms with Crippen LogP contribution in [-0.4, -0.2) is 16.8 Å². The molecule has 0 saturated heterocycles. The highest BCUT2D eigenvalue weighted by Crippen LogP contribution is 2.23. The van der Waals surface area contributed by atoms with Crippen molar-refractivity contribution < 1.29 is 14.0 Å². The van der Waals surface area contributed by atoms with Gasteiger partial charge in [0.2, 0.25) is 0 Å². The Bertz CT molecular complexity index is 941. The van der Waals surface area contributed by atoms with E-state index in [9.17, 15) is 14.0 Å². The van der Waals surface area contributed by atoms with Crippen LogP contribution in [0.15, 0.2) is 54.6 Å². The maximum Gasteiger partial charge on any atom is 0.263 e. The quantitative estimate of drug-likeness (QED) is 0.719. The van der Waals surface area contributed by atoms with Gasteiger partial charge < -0.3 is 5.32 Å². The summed E-state index contributed by atoms with van der Waals surface area (Å²) < 4.78 is 13.6. The summed E-state index contributed by atoms with van der Waals surface area (Å²) in [6.45, 7) is 1.77. The first-order valence-corrected chi connectivity index (χ1v) is 8.71. The van der Waals surface area contributed by atoms with E-state index >= 15 is 0 Å². The van der Waals surface area contributed by atoms with Crippen molar-refractivity contribution in [2.45, 2.75) is 13.5 Å². The number of carbonyl (C=O) groups is 2. The number of rotatable bonds is 5. The van der Waals surface area contributed by atoms with Gasteiger partial charge in [0.25, 0.3) is 11.8 Å². The first kappa shape index (κ1) is 17.8. The molecular formula is C19H16FN3O2S. The summed E-state index contributed by atoms with van der Waals surface area (Å²) in [5, 5.41) is 5.70. The van der Waals surface area contributed by atoms with Crippen molar-refractivity contribution in [3.63, 3.8) is 0 Å². The fourth-order valence-electron chi connectivity index (χ4n) is 2.32. The topological polar surface area (TPSA) is 71.1 Å². The molecule has 0 unspecified atom stereocenters. The van der Waals surface area contributed by atoms with Crippen LogP contribution in [0.4, 0.5) is 9.52 Å². The highest BCUT2D eigenvalue weighted by molar-refractivity contribution is 7.17. The third-order valence-corrected chi connectivity index (χ3v) is 4.73. The van der Waals surface area contributed by atoms with E-state index in [4.69, 9.17) is 0 Å². The van der Waals surface area contributed by atoms with E-state index in [0.717, 1.165) is 11.3 Å². The molecule has 0 bridgehead atoms. The van der Waals surface area contributed by atoms with E-state index < -0.39 is 0 Å². The van der Waals surface area contributed by atoms with E-state index in [0.29, 0.717) is 26.8 Å². The number of aryl methyl sites for hydroxylation is 1. The molecule has 2 amide bonds. The number of hydrogen-bond donors (Lipinski definition) is 2. The van der Waals surface area contributed by atoms with Crippen LogP contribution in [0.1, 0.15) is 31.3 Å². The highest BCUT2D eigenvalue weighted by atomic mass is 32.1. The van der Waals surface area contributed by atoms with Crippen LogP contribution in [0.25, 0.3) is 0 Å². The molecule has 26 heavy (non-hydrogen) atoms. The average Bonchev–Trinajstić information content (AvgIpc) is 3.01. The molecule has 0 radical (unpaired) electrons. The molecule has 1 heterocycles. The highest BCUT2D eigenvalue weighted by Gasteiger charge is 2.17. The van der Waals surface area contributed by atoms with Crippen molar-refractivity contribution in [1.82, 2.24) is 10.3 Å². The second-order valence-electron chi connectivity index (χ2n) is 5.53. The fourth-order valence-corrected chi connectivity index (χ4v) is 3.19. The van der Waals surface area contributed by atoms with Crippen LogP contribution in [0.2, 0.25) is 0 Å². The Balaban J connectivity index is 1.66. The van der Waals surface area contributed by atoms with Crippen LogP contribution in [0.3, 0.4) is 0 Å². The molecule has 7 heteroatoms. The summed E-state index contributed by atoms with van der Waals surface area (Å²) in [6, 6.07) is 15.0. The number of nitrogens with one attached hydrogen (secondary N) is 2. The van der Waals surface area contributed by atoms with Gasteiger partial charge in [0, 0.05) is 17.7 Å². The summed E-state index contributed by atoms with van der Waals surface area (Å²) in [5.41, 5.74) is 1.41.